The van der Waals surface area contributed by atoms with E-state index in [1.165, 1.54) is 0 Å². The van der Waals surface area contributed by atoms with E-state index >= 15 is 0 Å². The lowest BCUT2D eigenvalue weighted by atomic mass is 10.3. The number of rotatable bonds is 8. The number of para-hydroxylation sites is 1. The number of aliphatic hydroxyl groups is 2. The molecule has 0 spiro atoms. The van der Waals surface area contributed by atoms with Gasteiger partial charge < -0.3 is 10.2 Å². The Labute approximate surface area is 119 Å². The molecule has 1 aromatic carbocycles. The van der Waals surface area contributed by atoms with Gasteiger partial charge in [0.1, 0.15) is 0 Å². The Morgan fingerprint density at radius 3 is 2.55 bits per heavy atom. The second kappa shape index (κ2) is 7.79. The molecule has 0 fully saturated rings. The van der Waals surface area contributed by atoms with E-state index in [-0.39, 0.29) is 13.2 Å². The molecule has 0 saturated carbocycles. The monoisotopic (exact) mass is 275 g/mol. The highest BCUT2D eigenvalue weighted by Gasteiger charge is 2.07. The minimum absolute atomic E-state index is 0.123. The van der Waals surface area contributed by atoms with E-state index in [0.29, 0.717) is 13.0 Å². The molecule has 5 heteroatoms. The molecule has 2 aromatic rings. The number of aromatic nitrogens is 2. The van der Waals surface area contributed by atoms with E-state index in [2.05, 4.69) is 10.00 Å². The summed E-state index contributed by atoms with van der Waals surface area (Å²) in [7, 11) is 0. The number of aliphatic hydroxyl groups excluding tert-OH is 2. The zero-order chi connectivity index (χ0) is 14.2. The second-order valence-corrected chi connectivity index (χ2v) is 4.71. The van der Waals surface area contributed by atoms with E-state index in [9.17, 15) is 0 Å². The number of hydrogen-bond donors (Lipinski definition) is 2. The summed E-state index contributed by atoms with van der Waals surface area (Å²) < 4.78 is 1.85. The Hall–Kier alpha value is -1.69. The minimum atomic E-state index is 0.123. The molecule has 0 atom stereocenters. The number of benzene rings is 1. The van der Waals surface area contributed by atoms with Gasteiger partial charge in [0.25, 0.3) is 0 Å². The molecule has 108 valence electrons. The number of nitrogens with zero attached hydrogens (tertiary/aromatic N) is 3. The van der Waals surface area contributed by atoms with Crippen molar-refractivity contribution in [1.29, 1.82) is 0 Å². The van der Waals surface area contributed by atoms with Crippen molar-refractivity contribution in [3.8, 4) is 5.69 Å². The highest BCUT2D eigenvalue weighted by Crippen LogP contribution is 2.09. The van der Waals surface area contributed by atoms with Crippen molar-refractivity contribution in [2.24, 2.45) is 0 Å². The molecule has 5 nitrogen and oxygen atoms in total. The van der Waals surface area contributed by atoms with Gasteiger partial charge in [0.05, 0.1) is 18.5 Å². The summed E-state index contributed by atoms with van der Waals surface area (Å²) in [6.45, 7) is 2.40. The van der Waals surface area contributed by atoms with E-state index in [4.69, 9.17) is 10.2 Å². The van der Waals surface area contributed by atoms with Crippen LogP contribution in [0, 0.1) is 0 Å². The maximum atomic E-state index is 9.07. The van der Waals surface area contributed by atoms with Crippen LogP contribution in [-0.4, -0.2) is 51.2 Å². The van der Waals surface area contributed by atoms with E-state index in [0.717, 1.165) is 24.3 Å². The Morgan fingerprint density at radius 1 is 1.05 bits per heavy atom. The Kier molecular flexibility index (Phi) is 5.73. The maximum Gasteiger partial charge on any atom is 0.0645 e. The van der Waals surface area contributed by atoms with Gasteiger partial charge in [0.15, 0.2) is 0 Å². The molecule has 1 aromatic heterocycles. The van der Waals surface area contributed by atoms with Crippen LogP contribution in [-0.2, 0) is 6.54 Å². The summed E-state index contributed by atoms with van der Waals surface area (Å²) in [5.41, 5.74) is 2.13. The van der Waals surface area contributed by atoms with Crippen molar-refractivity contribution in [3.05, 3.63) is 48.3 Å². The van der Waals surface area contributed by atoms with Crippen LogP contribution in [0.15, 0.2) is 42.7 Å². The lowest BCUT2D eigenvalue weighted by molar-refractivity contribution is 0.174. The molecule has 0 unspecified atom stereocenters. The standard InChI is InChI=1S/C15H21N3O2/c19-9-4-7-17(8-10-20)12-14-11-16-18(13-14)15-5-2-1-3-6-15/h1-3,5-6,11,13,19-20H,4,7-10,12H2. The van der Waals surface area contributed by atoms with Crippen molar-refractivity contribution < 1.29 is 10.2 Å². The smallest absolute Gasteiger partial charge is 0.0645 e. The quantitative estimate of drug-likeness (QED) is 0.756. The highest BCUT2D eigenvalue weighted by atomic mass is 16.3. The predicted molar refractivity (Wildman–Crippen MR) is 77.6 cm³/mol. The van der Waals surface area contributed by atoms with Gasteiger partial charge in [0.2, 0.25) is 0 Å². The summed E-state index contributed by atoms with van der Waals surface area (Å²) in [6.07, 6.45) is 4.56. The van der Waals surface area contributed by atoms with Gasteiger partial charge in [-0.15, -0.1) is 0 Å². The van der Waals surface area contributed by atoms with Gasteiger partial charge in [-0.1, -0.05) is 18.2 Å². The molecule has 0 aliphatic carbocycles. The highest BCUT2D eigenvalue weighted by molar-refractivity contribution is 5.30. The lowest BCUT2D eigenvalue weighted by Crippen LogP contribution is -2.28. The molecule has 0 radical (unpaired) electrons. The van der Waals surface area contributed by atoms with Crippen LogP contribution in [0.2, 0.25) is 0 Å². The van der Waals surface area contributed by atoms with Gasteiger partial charge in [0, 0.05) is 38.0 Å². The van der Waals surface area contributed by atoms with Crippen LogP contribution in [0.5, 0.6) is 0 Å². The third kappa shape index (κ3) is 4.16. The normalized spacial score (nSPS) is 11.2. The summed E-state index contributed by atoms with van der Waals surface area (Å²) in [4.78, 5) is 2.11. The van der Waals surface area contributed by atoms with Crippen LogP contribution in [0.1, 0.15) is 12.0 Å². The molecule has 1 heterocycles. The molecule has 0 aliphatic rings. The van der Waals surface area contributed by atoms with Crippen LogP contribution >= 0.6 is 0 Å². The molecule has 2 N–H and O–H groups in total. The first-order valence-corrected chi connectivity index (χ1v) is 6.86. The average molecular weight is 275 g/mol. The van der Waals surface area contributed by atoms with Gasteiger partial charge in [-0.25, -0.2) is 4.68 Å². The molecule has 0 aliphatic heterocycles. The van der Waals surface area contributed by atoms with Gasteiger partial charge in [-0.2, -0.15) is 5.10 Å². The summed E-state index contributed by atoms with van der Waals surface area (Å²) in [6, 6.07) is 9.96. The molecule has 20 heavy (non-hydrogen) atoms. The fourth-order valence-electron chi connectivity index (χ4n) is 2.13. The van der Waals surface area contributed by atoms with E-state index in [1.807, 2.05) is 47.4 Å². The minimum Gasteiger partial charge on any atom is -0.396 e. The SMILES string of the molecule is OCCCN(CCO)Cc1cnn(-c2ccccc2)c1. The van der Waals surface area contributed by atoms with Crippen molar-refractivity contribution >= 4 is 0 Å². The van der Waals surface area contributed by atoms with Crippen molar-refractivity contribution in [1.82, 2.24) is 14.7 Å². The zero-order valence-electron chi connectivity index (χ0n) is 11.5. The topological polar surface area (TPSA) is 61.5 Å². The molecular formula is C15H21N3O2. The second-order valence-electron chi connectivity index (χ2n) is 4.71. The molecule has 0 saturated heterocycles. The zero-order valence-corrected chi connectivity index (χ0v) is 11.5. The van der Waals surface area contributed by atoms with Gasteiger partial charge >= 0.3 is 0 Å². The Bertz CT molecular complexity index is 499. The average Bonchev–Trinajstić information content (AvgIpc) is 2.94. The largest absolute Gasteiger partial charge is 0.396 e. The van der Waals surface area contributed by atoms with E-state index in [1.54, 1.807) is 0 Å². The van der Waals surface area contributed by atoms with E-state index < -0.39 is 0 Å². The summed E-state index contributed by atoms with van der Waals surface area (Å²) in [5.74, 6) is 0. The lowest BCUT2D eigenvalue weighted by Gasteiger charge is -2.19. The predicted octanol–water partition coefficient (Wildman–Crippen LogP) is 1.05. The first-order valence-electron chi connectivity index (χ1n) is 6.86. The van der Waals surface area contributed by atoms with Crippen molar-refractivity contribution in [2.45, 2.75) is 13.0 Å². The van der Waals surface area contributed by atoms with Crippen LogP contribution in [0.25, 0.3) is 5.69 Å². The Morgan fingerprint density at radius 2 is 1.85 bits per heavy atom. The molecule has 2 rings (SSSR count). The maximum absolute atomic E-state index is 9.07. The van der Waals surface area contributed by atoms with Crippen LogP contribution in [0.4, 0.5) is 0 Å². The molecule has 0 amide bonds. The van der Waals surface area contributed by atoms with Crippen molar-refractivity contribution in [3.63, 3.8) is 0 Å². The first kappa shape index (κ1) is 14.7. The first-order chi connectivity index (χ1) is 9.83. The third-order valence-corrected chi connectivity index (χ3v) is 3.11. The van der Waals surface area contributed by atoms with Gasteiger partial charge in [-0.3, -0.25) is 4.90 Å². The molecular weight excluding hydrogens is 254 g/mol. The number of hydrogen-bond acceptors (Lipinski definition) is 4. The fourth-order valence-corrected chi connectivity index (χ4v) is 2.13. The van der Waals surface area contributed by atoms with Gasteiger partial charge in [-0.05, 0) is 18.6 Å². The molecule has 0 bridgehead atoms. The Balaban J connectivity index is 2.00. The van der Waals surface area contributed by atoms with Crippen molar-refractivity contribution in [2.75, 3.05) is 26.3 Å². The summed E-state index contributed by atoms with van der Waals surface area (Å²) >= 11 is 0. The third-order valence-electron chi connectivity index (χ3n) is 3.11. The van der Waals surface area contributed by atoms with Crippen LogP contribution in [0.3, 0.4) is 0 Å². The fraction of sp³-hybridized carbons (Fsp3) is 0.400. The summed E-state index contributed by atoms with van der Waals surface area (Å²) in [5, 5.41) is 22.3. The van der Waals surface area contributed by atoms with Crippen LogP contribution < -0.4 is 0 Å².